The van der Waals surface area contributed by atoms with Crippen molar-refractivity contribution >= 4 is 27.4 Å². The highest BCUT2D eigenvalue weighted by Gasteiger charge is 2.34. The minimum Gasteiger partial charge on any atom is -0.396 e. The first-order valence-electron chi connectivity index (χ1n) is 8.96. The van der Waals surface area contributed by atoms with Crippen LogP contribution in [0.15, 0.2) is 41.3 Å². The molecule has 3 aromatic rings. The number of aliphatic hydroxyl groups excluding tert-OH is 1. The fourth-order valence-corrected chi connectivity index (χ4v) is 4.15. The van der Waals surface area contributed by atoms with E-state index in [4.69, 9.17) is 4.98 Å². The predicted octanol–water partition coefficient (Wildman–Crippen LogP) is 3.59. The van der Waals surface area contributed by atoms with Crippen LogP contribution in [0.25, 0.3) is 5.65 Å². The molecule has 3 aromatic heterocycles. The monoisotopic (exact) mass is 415 g/mol. The first-order valence-corrected chi connectivity index (χ1v) is 9.75. The normalized spacial score (nSPS) is 16.2. The second-order valence-corrected chi connectivity index (χ2v) is 7.97. The van der Waals surface area contributed by atoms with E-state index >= 15 is 0 Å². The summed E-state index contributed by atoms with van der Waals surface area (Å²) in [6.45, 7) is 0.883. The highest BCUT2D eigenvalue weighted by molar-refractivity contribution is 9.10. The van der Waals surface area contributed by atoms with Gasteiger partial charge in [-0.2, -0.15) is 9.61 Å². The van der Waals surface area contributed by atoms with Crippen LogP contribution in [0.5, 0.6) is 0 Å². The Kier molecular flexibility index (Phi) is 4.91. The summed E-state index contributed by atoms with van der Waals surface area (Å²) in [5, 5.41) is 17.8. The number of hydrogen-bond donors (Lipinski definition) is 2. The number of pyridine rings is 1. The molecule has 2 N–H and O–H groups in total. The molecule has 1 fully saturated rings. The molecule has 7 heteroatoms. The summed E-state index contributed by atoms with van der Waals surface area (Å²) in [5.41, 5.74) is 2.86. The Labute approximate surface area is 160 Å². The van der Waals surface area contributed by atoms with Crippen molar-refractivity contribution in [1.29, 1.82) is 0 Å². The van der Waals surface area contributed by atoms with E-state index in [0.717, 1.165) is 46.5 Å². The van der Waals surface area contributed by atoms with Gasteiger partial charge in [0.05, 0.1) is 10.7 Å². The number of hydrogen-bond acceptors (Lipinski definition) is 5. The van der Waals surface area contributed by atoms with Crippen molar-refractivity contribution in [2.45, 2.75) is 38.6 Å². The molecule has 0 unspecified atom stereocenters. The Bertz CT molecular complexity index is 890. The molecule has 1 saturated carbocycles. The van der Waals surface area contributed by atoms with Crippen molar-refractivity contribution in [3.63, 3.8) is 0 Å². The fraction of sp³-hybridized carbons (Fsp3) is 0.421. The van der Waals surface area contributed by atoms with E-state index in [1.54, 1.807) is 12.4 Å². The van der Waals surface area contributed by atoms with Crippen molar-refractivity contribution in [3.05, 3.63) is 52.5 Å². The summed E-state index contributed by atoms with van der Waals surface area (Å²) < 4.78 is 2.68. The van der Waals surface area contributed by atoms with Gasteiger partial charge in [-0.15, -0.1) is 0 Å². The smallest absolute Gasteiger partial charge is 0.171 e. The van der Waals surface area contributed by atoms with Crippen LogP contribution in [-0.4, -0.2) is 31.3 Å². The van der Waals surface area contributed by atoms with Crippen molar-refractivity contribution in [2.24, 2.45) is 5.41 Å². The zero-order chi connectivity index (χ0) is 18.0. The van der Waals surface area contributed by atoms with E-state index in [9.17, 15) is 5.11 Å². The fourth-order valence-electron chi connectivity index (χ4n) is 3.80. The maximum atomic E-state index is 9.95. The standard InChI is InChI=1S/C19H22BrN5O/c20-16-12-23-25-17(22-11-14-4-3-7-21-10-14)8-15(24-18(16)25)9-19(13-26)5-1-2-6-19/h3-4,7-8,10,12,22,26H,1-2,5-6,9,11,13H2. The highest BCUT2D eigenvalue weighted by Crippen LogP contribution is 2.40. The molecule has 0 aromatic carbocycles. The molecule has 1 aliphatic rings. The Morgan fingerprint density at radius 1 is 1.27 bits per heavy atom. The van der Waals surface area contributed by atoms with Crippen LogP contribution in [0.4, 0.5) is 5.82 Å². The molecule has 0 saturated heterocycles. The van der Waals surface area contributed by atoms with Gasteiger partial charge in [0.1, 0.15) is 5.82 Å². The lowest BCUT2D eigenvalue weighted by molar-refractivity contribution is 0.129. The summed E-state index contributed by atoms with van der Waals surface area (Å²) >= 11 is 3.54. The lowest BCUT2D eigenvalue weighted by Gasteiger charge is -2.26. The van der Waals surface area contributed by atoms with Crippen LogP contribution >= 0.6 is 15.9 Å². The number of halogens is 1. The molecular weight excluding hydrogens is 394 g/mol. The molecule has 136 valence electrons. The number of fused-ring (bicyclic) bond motifs is 1. The third-order valence-corrected chi connectivity index (χ3v) is 5.79. The lowest BCUT2D eigenvalue weighted by atomic mass is 9.82. The van der Waals surface area contributed by atoms with Crippen LogP contribution in [0.3, 0.4) is 0 Å². The highest BCUT2D eigenvalue weighted by atomic mass is 79.9. The molecule has 1 aliphatic carbocycles. The van der Waals surface area contributed by atoms with Gasteiger partial charge in [0, 0.05) is 37.3 Å². The molecule has 0 bridgehead atoms. The van der Waals surface area contributed by atoms with Crippen LogP contribution in [0.2, 0.25) is 0 Å². The minimum absolute atomic E-state index is 0.0293. The Hall–Kier alpha value is -1.99. The first kappa shape index (κ1) is 17.4. The Balaban J connectivity index is 1.65. The molecule has 3 heterocycles. The Morgan fingerprint density at radius 3 is 2.85 bits per heavy atom. The largest absolute Gasteiger partial charge is 0.396 e. The summed E-state index contributed by atoms with van der Waals surface area (Å²) in [5.74, 6) is 0.894. The van der Waals surface area contributed by atoms with Gasteiger partial charge >= 0.3 is 0 Å². The number of aliphatic hydroxyl groups is 1. The molecule has 0 aliphatic heterocycles. The zero-order valence-corrected chi connectivity index (χ0v) is 16.1. The number of rotatable bonds is 6. The van der Waals surface area contributed by atoms with Crippen LogP contribution in [0.1, 0.15) is 36.9 Å². The van der Waals surface area contributed by atoms with E-state index in [-0.39, 0.29) is 12.0 Å². The number of aromatic nitrogens is 4. The van der Waals surface area contributed by atoms with Crippen LogP contribution in [-0.2, 0) is 13.0 Å². The molecule has 26 heavy (non-hydrogen) atoms. The van der Waals surface area contributed by atoms with E-state index < -0.39 is 0 Å². The average molecular weight is 416 g/mol. The topological polar surface area (TPSA) is 75.3 Å². The summed E-state index contributed by atoms with van der Waals surface area (Å²) in [6, 6.07) is 6.02. The lowest BCUT2D eigenvalue weighted by Crippen LogP contribution is -2.25. The van der Waals surface area contributed by atoms with Gasteiger partial charge in [-0.25, -0.2) is 4.98 Å². The molecule has 4 rings (SSSR count). The number of nitrogens with zero attached hydrogens (tertiary/aromatic N) is 4. The second-order valence-electron chi connectivity index (χ2n) is 7.12. The molecule has 0 atom stereocenters. The van der Waals surface area contributed by atoms with Gasteiger partial charge in [0.15, 0.2) is 5.65 Å². The van der Waals surface area contributed by atoms with Gasteiger partial charge in [0.25, 0.3) is 0 Å². The molecular formula is C19H22BrN5O. The third kappa shape index (κ3) is 3.46. The molecule has 0 spiro atoms. The average Bonchev–Trinajstić information content (AvgIpc) is 3.29. The molecule has 6 nitrogen and oxygen atoms in total. The van der Waals surface area contributed by atoms with Gasteiger partial charge in [0.2, 0.25) is 0 Å². The van der Waals surface area contributed by atoms with Crippen molar-refractivity contribution < 1.29 is 5.11 Å². The van der Waals surface area contributed by atoms with Gasteiger partial charge < -0.3 is 10.4 Å². The SMILES string of the molecule is OCC1(Cc2cc(NCc3cccnc3)n3ncc(Br)c3n2)CCCC1. The molecule has 0 amide bonds. The number of nitrogens with one attached hydrogen (secondary N) is 1. The summed E-state index contributed by atoms with van der Waals surface area (Å²) in [4.78, 5) is 8.96. The van der Waals surface area contributed by atoms with Gasteiger partial charge in [-0.1, -0.05) is 18.9 Å². The maximum absolute atomic E-state index is 9.95. The van der Waals surface area contributed by atoms with Crippen molar-refractivity contribution in [1.82, 2.24) is 19.6 Å². The minimum atomic E-state index is -0.0293. The second kappa shape index (κ2) is 7.32. The van der Waals surface area contributed by atoms with E-state index in [2.05, 4.69) is 37.4 Å². The van der Waals surface area contributed by atoms with Crippen LogP contribution < -0.4 is 5.32 Å². The predicted molar refractivity (Wildman–Crippen MR) is 104 cm³/mol. The summed E-state index contributed by atoms with van der Waals surface area (Å²) in [7, 11) is 0. The van der Waals surface area contributed by atoms with E-state index in [1.807, 2.05) is 22.8 Å². The van der Waals surface area contributed by atoms with E-state index in [1.165, 1.54) is 12.8 Å². The van der Waals surface area contributed by atoms with Gasteiger partial charge in [-0.3, -0.25) is 4.98 Å². The Morgan fingerprint density at radius 2 is 2.12 bits per heavy atom. The third-order valence-electron chi connectivity index (χ3n) is 5.23. The first-order chi connectivity index (χ1) is 12.7. The quantitative estimate of drug-likeness (QED) is 0.643. The van der Waals surface area contributed by atoms with Crippen molar-refractivity contribution in [3.8, 4) is 0 Å². The van der Waals surface area contributed by atoms with E-state index in [0.29, 0.717) is 6.54 Å². The molecule has 0 radical (unpaired) electrons. The number of anilines is 1. The maximum Gasteiger partial charge on any atom is 0.171 e. The summed E-state index contributed by atoms with van der Waals surface area (Å²) in [6.07, 6.45) is 10.7. The van der Waals surface area contributed by atoms with Crippen LogP contribution in [0, 0.1) is 5.41 Å². The van der Waals surface area contributed by atoms with Crippen molar-refractivity contribution in [2.75, 3.05) is 11.9 Å². The van der Waals surface area contributed by atoms with Gasteiger partial charge in [-0.05, 0) is 52.2 Å². The zero-order valence-electron chi connectivity index (χ0n) is 14.5.